The first kappa shape index (κ1) is 18.8. The Bertz CT molecular complexity index is 604. The van der Waals surface area contributed by atoms with Crippen LogP contribution in [-0.4, -0.2) is 18.0 Å². The highest BCUT2D eigenvalue weighted by molar-refractivity contribution is 5.86. The average Bonchev–Trinajstić information content (AvgIpc) is 2.37. The lowest BCUT2D eigenvalue weighted by Gasteiger charge is -2.15. The summed E-state index contributed by atoms with van der Waals surface area (Å²) in [6, 6.07) is 6.89. The van der Waals surface area contributed by atoms with Crippen LogP contribution in [0.1, 0.15) is 18.5 Å². The van der Waals surface area contributed by atoms with Gasteiger partial charge in [-0.15, -0.1) is 24.8 Å². The Kier molecular flexibility index (Phi) is 7.71. The van der Waals surface area contributed by atoms with Crippen molar-refractivity contribution >= 4 is 35.6 Å². The van der Waals surface area contributed by atoms with Gasteiger partial charge in [-0.05, 0) is 23.9 Å². The highest BCUT2D eigenvalue weighted by atomic mass is 35.5. The Hall–Kier alpha value is -1.17. The van der Waals surface area contributed by atoms with E-state index >= 15 is 0 Å². The molecule has 3 nitrogen and oxygen atoms in total. The molecule has 20 heavy (non-hydrogen) atoms. The molecular formula is C13H16Cl2F2N2O. The number of fused-ring (bicyclic) bond motifs is 1. The van der Waals surface area contributed by atoms with E-state index in [0.29, 0.717) is 5.39 Å². The van der Waals surface area contributed by atoms with Crippen LogP contribution in [0.5, 0.6) is 0 Å². The summed E-state index contributed by atoms with van der Waals surface area (Å²) in [5.74, 6) is 0. The molecule has 7 heteroatoms. The maximum atomic E-state index is 12.2. The molecule has 0 aliphatic carbocycles. The molecule has 0 aliphatic heterocycles. The second-order valence-corrected chi connectivity index (χ2v) is 4.14. The summed E-state index contributed by atoms with van der Waals surface area (Å²) in [4.78, 5) is 14.3. The molecule has 112 valence electrons. The first-order valence-electron chi connectivity index (χ1n) is 5.71. The van der Waals surface area contributed by atoms with Gasteiger partial charge in [-0.2, -0.15) is 0 Å². The highest BCUT2D eigenvalue weighted by Crippen LogP contribution is 2.20. The minimum atomic E-state index is -2.39. The fourth-order valence-electron chi connectivity index (χ4n) is 1.97. The molecule has 1 aromatic carbocycles. The van der Waals surface area contributed by atoms with Crippen molar-refractivity contribution in [1.82, 2.24) is 10.3 Å². The first-order chi connectivity index (χ1) is 8.59. The van der Waals surface area contributed by atoms with Crippen molar-refractivity contribution < 1.29 is 8.78 Å². The third-order valence-corrected chi connectivity index (χ3v) is 2.89. The van der Waals surface area contributed by atoms with Crippen LogP contribution < -0.4 is 10.9 Å². The zero-order valence-electron chi connectivity index (χ0n) is 10.7. The standard InChI is InChI=1S/C13H14F2N2O.2ClH/c1-8(16-7-12(14)15)11-6-17-13(18)10-5-3-2-4-9(10)11;;/h2-6,8,12,16H,7H2,1H3,(H,17,18);2*1H. The van der Waals surface area contributed by atoms with Gasteiger partial charge < -0.3 is 10.3 Å². The number of rotatable bonds is 4. The quantitative estimate of drug-likeness (QED) is 0.906. The van der Waals surface area contributed by atoms with Gasteiger partial charge >= 0.3 is 0 Å². The van der Waals surface area contributed by atoms with Gasteiger partial charge in [0.25, 0.3) is 12.0 Å². The predicted molar refractivity (Wildman–Crippen MR) is 81.5 cm³/mol. The minimum Gasteiger partial charge on any atom is -0.328 e. The Labute approximate surface area is 127 Å². The van der Waals surface area contributed by atoms with Crippen molar-refractivity contribution in [1.29, 1.82) is 0 Å². The zero-order chi connectivity index (χ0) is 13.1. The number of H-pyrrole nitrogens is 1. The second-order valence-electron chi connectivity index (χ2n) is 4.14. The lowest BCUT2D eigenvalue weighted by Crippen LogP contribution is -2.25. The lowest BCUT2D eigenvalue weighted by atomic mass is 10.0. The Morgan fingerprint density at radius 1 is 1.20 bits per heavy atom. The maximum Gasteiger partial charge on any atom is 0.255 e. The summed E-state index contributed by atoms with van der Waals surface area (Å²) >= 11 is 0. The summed E-state index contributed by atoms with van der Waals surface area (Å²) < 4.78 is 24.3. The average molecular weight is 325 g/mol. The molecule has 0 spiro atoms. The van der Waals surface area contributed by atoms with Crippen LogP contribution in [0, 0.1) is 0 Å². The number of nitrogens with one attached hydrogen (secondary N) is 2. The molecule has 0 aliphatic rings. The van der Waals surface area contributed by atoms with Crippen molar-refractivity contribution in [3.8, 4) is 0 Å². The summed E-state index contributed by atoms with van der Waals surface area (Å²) in [5.41, 5.74) is 0.640. The van der Waals surface area contributed by atoms with Crippen molar-refractivity contribution in [2.24, 2.45) is 0 Å². The summed E-state index contributed by atoms with van der Waals surface area (Å²) in [7, 11) is 0. The third-order valence-electron chi connectivity index (χ3n) is 2.89. The number of aromatic amines is 1. The molecule has 2 N–H and O–H groups in total. The molecule has 0 amide bonds. The molecule has 1 atom stereocenters. The molecule has 0 bridgehead atoms. The Balaban J connectivity index is 0.00000180. The Morgan fingerprint density at radius 3 is 2.40 bits per heavy atom. The topological polar surface area (TPSA) is 44.9 Å². The molecule has 2 aromatic rings. The van der Waals surface area contributed by atoms with E-state index in [4.69, 9.17) is 0 Å². The number of halogens is 4. The van der Waals surface area contributed by atoms with E-state index in [-0.39, 0.29) is 43.0 Å². The Morgan fingerprint density at radius 2 is 1.80 bits per heavy atom. The number of alkyl halides is 2. The van der Waals surface area contributed by atoms with E-state index in [2.05, 4.69) is 10.3 Å². The van der Waals surface area contributed by atoms with Crippen LogP contribution in [0.3, 0.4) is 0 Å². The van der Waals surface area contributed by atoms with Gasteiger partial charge in [-0.3, -0.25) is 4.79 Å². The third kappa shape index (κ3) is 4.16. The largest absolute Gasteiger partial charge is 0.328 e. The maximum absolute atomic E-state index is 12.2. The second kappa shape index (κ2) is 8.19. The summed E-state index contributed by atoms with van der Waals surface area (Å²) in [6.07, 6.45) is -0.810. The first-order valence-corrected chi connectivity index (χ1v) is 5.71. The van der Waals surface area contributed by atoms with E-state index in [1.807, 2.05) is 12.1 Å². The van der Waals surface area contributed by atoms with Crippen LogP contribution in [0.2, 0.25) is 0 Å². The number of hydrogen-bond donors (Lipinski definition) is 2. The van der Waals surface area contributed by atoms with Gasteiger partial charge in [-0.1, -0.05) is 18.2 Å². The van der Waals surface area contributed by atoms with Crippen LogP contribution in [0.15, 0.2) is 35.3 Å². The van der Waals surface area contributed by atoms with Gasteiger partial charge in [0, 0.05) is 17.6 Å². The molecule has 0 saturated heterocycles. The van der Waals surface area contributed by atoms with E-state index in [0.717, 1.165) is 10.9 Å². The van der Waals surface area contributed by atoms with Crippen LogP contribution >= 0.6 is 24.8 Å². The molecular weight excluding hydrogens is 309 g/mol. The SMILES string of the molecule is CC(NCC(F)F)c1c[nH]c(=O)c2ccccc12.Cl.Cl. The lowest BCUT2D eigenvalue weighted by molar-refractivity contribution is 0.142. The van der Waals surface area contributed by atoms with Crippen molar-refractivity contribution in [2.75, 3.05) is 6.54 Å². The molecule has 0 radical (unpaired) electrons. The van der Waals surface area contributed by atoms with Crippen molar-refractivity contribution in [3.63, 3.8) is 0 Å². The van der Waals surface area contributed by atoms with Gasteiger partial charge in [0.15, 0.2) is 0 Å². The van der Waals surface area contributed by atoms with E-state index in [1.165, 1.54) is 0 Å². The van der Waals surface area contributed by atoms with Gasteiger partial charge in [-0.25, -0.2) is 8.78 Å². The smallest absolute Gasteiger partial charge is 0.255 e. The number of pyridine rings is 1. The fourth-order valence-corrected chi connectivity index (χ4v) is 1.97. The molecule has 1 aromatic heterocycles. The minimum absolute atomic E-state index is 0. The molecule has 2 rings (SSSR count). The summed E-state index contributed by atoms with van der Waals surface area (Å²) in [6.45, 7) is 1.43. The van der Waals surface area contributed by atoms with Crippen LogP contribution in [0.25, 0.3) is 10.8 Å². The van der Waals surface area contributed by atoms with Gasteiger partial charge in [0.05, 0.1) is 6.54 Å². The predicted octanol–water partition coefficient (Wildman–Crippen LogP) is 3.29. The molecule has 0 fully saturated rings. The normalized spacial score (nSPS) is 11.8. The molecule has 1 unspecified atom stereocenters. The van der Waals surface area contributed by atoms with E-state index < -0.39 is 6.43 Å². The zero-order valence-corrected chi connectivity index (χ0v) is 12.4. The van der Waals surface area contributed by atoms with E-state index in [9.17, 15) is 13.6 Å². The van der Waals surface area contributed by atoms with Gasteiger partial charge in [0.2, 0.25) is 0 Å². The van der Waals surface area contributed by atoms with Crippen LogP contribution in [-0.2, 0) is 0 Å². The van der Waals surface area contributed by atoms with Gasteiger partial charge in [0.1, 0.15) is 0 Å². The fraction of sp³-hybridized carbons (Fsp3) is 0.308. The molecule has 1 heterocycles. The highest BCUT2D eigenvalue weighted by Gasteiger charge is 2.12. The summed E-state index contributed by atoms with van der Waals surface area (Å²) in [5, 5.41) is 4.10. The number of aromatic nitrogens is 1. The number of benzene rings is 1. The van der Waals surface area contributed by atoms with E-state index in [1.54, 1.807) is 25.3 Å². The van der Waals surface area contributed by atoms with Crippen molar-refractivity contribution in [3.05, 3.63) is 46.4 Å². The molecule has 0 saturated carbocycles. The monoisotopic (exact) mass is 324 g/mol. The van der Waals surface area contributed by atoms with Crippen LogP contribution in [0.4, 0.5) is 8.78 Å². The number of hydrogen-bond acceptors (Lipinski definition) is 2. The van der Waals surface area contributed by atoms with Crippen molar-refractivity contribution in [2.45, 2.75) is 19.4 Å².